The first-order valence-corrected chi connectivity index (χ1v) is 6.52. The van der Waals surface area contributed by atoms with Gasteiger partial charge in [0.25, 0.3) is 0 Å². The molecule has 0 saturated heterocycles. The van der Waals surface area contributed by atoms with E-state index < -0.39 is 18.6 Å². The fourth-order valence-electron chi connectivity index (χ4n) is 1.54. The summed E-state index contributed by atoms with van der Waals surface area (Å²) in [4.78, 5) is 11.4. The van der Waals surface area contributed by atoms with Crippen LogP contribution in [0.25, 0.3) is 0 Å². The summed E-state index contributed by atoms with van der Waals surface area (Å²) in [7, 11) is 0. The van der Waals surface area contributed by atoms with Crippen molar-refractivity contribution in [1.29, 1.82) is 0 Å². The lowest BCUT2D eigenvalue weighted by molar-refractivity contribution is -0.128. The van der Waals surface area contributed by atoms with Gasteiger partial charge < -0.3 is 15.4 Å². The second-order valence-electron chi connectivity index (χ2n) is 4.81. The number of halogens is 3. The molecule has 0 aromatic heterocycles. The van der Waals surface area contributed by atoms with E-state index in [-0.39, 0.29) is 19.2 Å². The van der Waals surface area contributed by atoms with Crippen molar-refractivity contribution >= 4 is 5.91 Å². The van der Waals surface area contributed by atoms with Crippen LogP contribution < -0.4 is 15.4 Å². The van der Waals surface area contributed by atoms with Gasteiger partial charge in [0.15, 0.2) is 0 Å². The lowest BCUT2D eigenvalue weighted by Gasteiger charge is -2.15. The summed E-state index contributed by atoms with van der Waals surface area (Å²) >= 11 is 0. The molecule has 0 radical (unpaired) electrons. The molecule has 0 bridgehead atoms. The van der Waals surface area contributed by atoms with Crippen LogP contribution in [0.1, 0.15) is 12.5 Å². The van der Waals surface area contributed by atoms with E-state index in [1.165, 1.54) is 0 Å². The minimum atomic E-state index is -4.32. The molecule has 4 nitrogen and oxygen atoms in total. The molecule has 0 spiro atoms. The summed E-state index contributed by atoms with van der Waals surface area (Å²) in [6.07, 6.45) is -4.32. The maximum atomic E-state index is 11.9. The lowest BCUT2D eigenvalue weighted by Crippen LogP contribution is -2.43. The summed E-state index contributed by atoms with van der Waals surface area (Å²) in [5, 5.41) is 4.59. The zero-order chi connectivity index (χ0) is 15.9. The van der Waals surface area contributed by atoms with E-state index in [2.05, 4.69) is 5.32 Å². The van der Waals surface area contributed by atoms with E-state index in [4.69, 9.17) is 4.74 Å². The van der Waals surface area contributed by atoms with Crippen molar-refractivity contribution in [3.05, 3.63) is 29.8 Å². The van der Waals surface area contributed by atoms with Crippen LogP contribution in [0.2, 0.25) is 0 Å². The topological polar surface area (TPSA) is 50.4 Å². The Morgan fingerprint density at radius 1 is 1.29 bits per heavy atom. The molecule has 1 aromatic rings. The third kappa shape index (κ3) is 8.19. The van der Waals surface area contributed by atoms with Crippen LogP contribution in [-0.4, -0.2) is 37.8 Å². The van der Waals surface area contributed by atoms with Crippen LogP contribution in [0.5, 0.6) is 5.75 Å². The Hall–Kier alpha value is -1.76. The molecule has 0 aliphatic carbocycles. The Balaban J connectivity index is 2.22. The highest BCUT2D eigenvalue weighted by Crippen LogP contribution is 2.12. The molecule has 21 heavy (non-hydrogen) atoms. The van der Waals surface area contributed by atoms with Gasteiger partial charge >= 0.3 is 6.18 Å². The SMILES string of the molecule is Cc1ccc(OCC(C)NC(=O)CNCC(F)(F)F)cc1. The first-order chi connectivity index (χ1) is 9.76. The average molecular weight is 304 g/mol. The van der Waals surface area contributed by atoms with Crippen molar-refractivity contribution in [1.82, 2.24) is 10.6 Å². The standard InChI is InChI=1S/C14H19F3N2O2/c1-10-3-5-12(6-4-10)21-8-11(2)19-13(20)7-18-9-14(15,16)17/h3-6,11,18H,7-9H2,1-2H3,(H,19,20). The number of carbonyl (C=O) groups excluding carboxylic acids is 1. The number of rotatable bonds is 7. The van der Waals surface area contributed by atoms with Crippen molar-refractivity contribution in [2.45, 2.75) is 26.1 Å². The third-order valence-corrected chi connectivity index (χ3v) is 2.54. The molecule has 2 N–H and O–H groups in total. The van der Waals surface area contributed by atoms with Crippen molar-refractivity contribution in [2.75, 3.05) is 19.7 Å². The Labute approximate surface area is 121 Å². The molecule has 1 atom stereocenters. The van der Waals surface area contributed by atoms with E-state index in [1.807, 2.05) is 36.5 Å². The van der Waals surface area contributed by atoms with Gasteiger partial charge in [-0.15, -0.1) is 0 Å². The molecule has 0 aliphatic rings. The highest BCUT2D eigenvalue weighted by Gasteiger charge is 2.26. The van der Waals surface area contributed by atoms with Crippen molar-refractivity contribution in [2.24, 2.45) is 0 Å². The molecule has 0 saturated carbocycles. The number of hydrogen-bond donors (Lipinski definition) is 2. The van der Waals surface area contributed by atoms with E-state index in [0.29, 0.717) is 5.75 Å². The number of alkyl halides is 3. The molecule has 1 aromatic carbocycles. The lowest BCUT2D eigenvalue weighted by atomic mass is 10.2. The third-order valence-electron chi connectivity index (χ3n) is 2.54. The molecule has 118 valence electrons. The van der Waals surface area contributed by atoms with E-state index >= 15 is 0 Å². The summed E-state index contributed by atoms with van der Waals surface area (Å²) in [6, 6.07) is 7.13. The quantitative estimate of drug-likeness (QED) is 0.810. The van der Waals surface area contributed by atoms with Crippen LogP contribution in [0.15, 0.2) is 24.3 Å². The maximum absolute atomic E-state index is 11.9. The maximum Gasteiger partial charge on any atom is 0.401 e. The van der Waals surface area contributed by atoms with Gasteiger partial charge in [0, 0.05) is 0 Å². The van der Waals surface area contributed by atoms with Crippen LogP contribution in [0.3, 0.4) is 0 Å². The molecule has 0 aliphatic heterocycles. The molecule has 1 amide bonds. The highest BCUT2D eigenvalue weighted by atomic mass is 19.4. The predicted molar refractivity (Wildman–Crippen MR) is 73.2 cm³/mol. The van der Waals surface area contributed by atoms with Crippen LogP contribution in [-0.2, 0) is 4.79 Å². The van der Waals surface area contributed by atoms with E-state index in [0.717, 1.165) is 5.56 Å². The Morgan fingerprint density at radius 2 is 1.90 bits per heavy atom. The number of ether oxygens (including phenoxy) is 1. The number of amides is 1. The fraction of sp³-hybridized carbons (Fsp3) is 0.500. The molecule has 0 heterocycles. The second-order valence-corrected chi connectivity index (χ2v) is 4.81. The van der Waals surface area contributed by atoms with Gasteiger partial charge in [0.1, 0.15) is 12.4 Å². The van der Waals surface area contributed by atoms with Crippen molar-refractivity contribution in [3.63, 3.8) is 0 Å². The van der Waals surface area contributed by atoms with E-state index in [1.54, 1.807) is 6.92 Å². The molecular formula is C14H19F3N2O2. The number of hydrogen-bond acceptors (Lipinski definition) is 3. The number of benzene rings is 1. The minimum Gasteiger partial charge on any atom is -0.491 e. The Kier molecular flexibility index (Phi) is 6.48. The van der Waals surface area contributed by atoms with Gasteiger partial charge in [0.2, 0.25) is 5.91 Å². The van der Waals surface area contributed by atoms with Crippen molar-refractivity contribution < 1.29 is 22.7 Å². The molecule has 7 heteroatoms. The fourth-order valence-corrected chi connectivity index (χ4v) is 1.54. The summed E-state index contributed by atoms with van der Waals surface area (Å²) < 4.78 is 41.1. The predicted octanol–water partition coefficient (Wildman–Crippen LogP) is 2.03. The number of aryl methyl sites for hydroxylation is 1. The number of nitrogens with one attached hydrogen (secondary N) is 2. The smallest absolute Gasteiger partial charge is 0.401 e. The first-order valence-electron chi connectivity index (χ1n) is 6.52. The largest absolute Gasteiger partial charge is 0.491 e. The zero-order valence-electron chi connectivity index (χ0n) is 12.0. The Morgan fingerprint density at radius 3 is 2.48 bits per heavy atom. The number of carbonyl (C=O) groups is 1. The summed E-state index contributed by atoms with van der Waals surface area (Å²) in [5.74, 6) is 0.177. The van der Waals surface area contributed by atoms with E-state index in [9.17, 15) is 18.0 Å². The molecular weight excluding hydrogens is 285 g/mol. The summed E-state index contributed by atoms with van der Waals surface area (Å²) in [5.41, 5.74) is 1.11. The van der Waals surface area contributed by atoms with Crippen LogP contribution in [0.4, 0.5) is 13.2 Å². The van der Waals surface area contributed by atoms with Gasteiger partial charge in [-0.2, -0.15) is 13.2 Å². The van der Waals surface area contributed by atoms with Crippen molar-refractivity contribution in [3.8, 4) is 5.75 Å². The van der Waals surface area contributed by atoms with Gasteiger partial charge in [0.05, 0.1) is 19.1 Å². The van der Waals surface area contributed by atoms with Crippen LogP contribution in [0, 0.1) is 6.92 Å². The monoisotopic (exact) mass is 304 g/mol. The second kappa shape index (κ2) is 7.87. The summed E-state index contributed by atoms with van der Waals surface area (Å²) in [6.45, 7) is 2.35. The van der Waals surface area contributed by atoms with Crippen LogP contribution >= 0.6 is 0 Å². The normalized spacial score (nSPS) is 12.8. The highest BCUT2D eigenvalue weighted by molar-refractivity contribution is 5.78. The van der Waals surface area contributed by atoms with Gasteiger partial charge in [-0.1, -0.05) is 17.7 Å². The molecule has 1 unspecified atom stereocenters. The first kappa shape index (κ1) is 17.3. The van der Waals surface area contributed by atoms with Gasteiger partial charge in [-0.3, -0.25) is 4.79 Å². The molecule has 0 fully saturated rings. The van der Waals surface area contributed by atoms with Gasteiger partial charge in [-0.25, -0.2) is 0 Å². The van der Waals surface area contributed by atoms with Gasteiger partial charge in [-0.05, 0) is 26.0 Å². The average Bonchev–Trinajstić information content (AvgIpc) is 2.36. The molecule has 1 rings (SSSR count). The zero-order valence-corrected chi connectivity index (χ0v) is 12.0. The minimum absolute atomic E-state index is 0.244. The Bertz CT molecular complexity index is 447.